The fourth-order valence-electron chi connectivity index (χ4n) is 2.34. The molecule has 1 aliphatic rings. The van der Waals surface area contributed by atoms with Crippen LogP contribution in [-0.4, -0.2) is 29.5 Å². The molecule has 6 nitrogen and oxygen atoms in total. The molecule has 0 aromatic carbocycles. The number of nitrogens with two attached hydrogens (primary N) is 1. The van der Waals surface area contributed by atoms with Crippen LogP contribution in [0.15, 0.2) is 10.7 Å². The first-order valence-electron chi connectivity index (χ1n) is 6.29. The average molecular weight is 329 g/mol. The van der Waals surface area contributed by atoms with Crippen LogP contribution in [0.3, 0.4) is 0 Å². The van der Waals surface area contributed by atoms with Gasteiger partial charge < -0.3 is 10.6 Å². The fraction of sp³-hybridized carbons (Fsp3) is 0.583. The van der Waals surface area contributed by atoms with Crippen LogP contribution in [0.25, 0.3) is 0 Å². The Morgan fingerprint density at radius 3 is 2.74 bits per heavy atom. The van der Waals surface area contributed by atoms with Crippen molar-refractivity contribution >= 4 is 27.4 Å². The highest BCUT2D eigenvalue weighted by Gasteiger charge is 2.24. The second kappa shape index (κ2) is 5.83. The minimum absolute atomic E-state index is 0.0486. The molecule has 0 radical (unpaired) electrons. The number of rotatable bonds is 3. The first-order valence-corrected chi connectivity index (χ1v) is 7.08. The molecule has 0 atom stereocenters. The summed E-state index contributed by atoms with van der Waals surface area (Å²) in [6, 6.07) is 0. The normalized spacial score (nSPS) is 16.7. The summed E-state index contributed by atoms with van der Waals surface area (Å²) in [6.45, 7) is 4.25. The van der Waals surface area contributed by atoms with Crippen LogP contribution >= 0.6 is 15.9 Å². The van der Waals surface area contributed by atoms with Crippen LogP contribution in [0.5, 0.6) is 0 Å². The number of nitro groups is 1. The largest absolute Gasteiger partial charge is 0.356 e. The van der Waals surface area contributed by atoms with Crippen molar-refractivity contribution in [3.63, 3.8) is 0 Å². The molecule has 1 aliphatic heterocycles. The highest BCUT2D eigenvalue weighted by Crippen LogP contribution is 2.34. The maximum atomic E-state index is 10.9. The zero-order valence-electron chi connectivity index (χ0n) is 10.8. The third kappa shape index (κ3) is 2.87. The van der Waals surface area contributed by atoms with E-state index in [1.54, 1.807) is 6.92 Å². The zero-order valence-corrected chi connectivity index (χ0v) is 12.4. The van der Waals surface area contributed by atoms with Gasteiger partial charge in [-0.3, -0.25) is 10.1 Å². The summed E-state index contributed by atoms with van der Waals surface area (Å²) in [5.41, 5.74) is 6.35. The van der Waals surface area contributed by atoms with Crippen molar-refractivity contribution in [1.29, 1.82) is 0 Å². The topological polar surface area (TPSA) is 85.3 Å². The molecule has 1 saturated heterocycles. The Bertz CT molecular complexity index is 487. The van der Waals surface area contributed by atoms with E-state index in [-0.39, 0.29) is 5.69 Å². The van der Waals surface area contributed by atoms with Gasteiger partial charge in [-0.2, -0.15) is 0 Å². The monoisotopic (exact) mass is 328 g/mol. The predicted molar refractivity (Wildman–Crippen MR) is 77.3 cm³/mol. The highest BCUT2D eigenvalue weighted by molar-refractivity contribution is 9.10. The van der Waals surface area contributed by atoms with Crippen molar-refractivity contribution in [2.75, 3.05) is 24.5 Å². The van der Waals surface area contributed by atoms with Crippen LogP contribution < -0.4 is 10.6 Å². The fourth-order valence-corrected chi connectivity index (χ4v) is 2.90. The average Bonchev–Trinajstić information content (AvgIpc) is 2.41. The molecular weight excluding hydrogens is 312 g/mol. The lowest BCUT2D eigenvalue weighted by atomic mass is 9.97. The first-order chi connectivity index (χ1) is 9.04. The summed E-state index contributed by atoms with van der Waals surface area (Å²) in [5, 5.41) is 10.9. The van der Waals surface area contributed by atoms with Gasteiger partial charge in [0.15, 0.2) is 0 Å². The van der Waals surface area contributed by atoms with E-state index < -0.39 is 4.92 Å². The number of aromatic nitrogens is 1. The minimum atomic E-state index is -0.405. The molecule has 2 N–H and O–H groups in total. The molecule has 2 rings (SSSR count). The van der Waals surface area contributed by atoms with Gasteiger partial charge in [0.1, 0.15) is 12.0 Å². The Balaban J connectivity index is 2.22. The Hall–Kier alpha value is -1.21. The SMILES string of the molecule is Cc1c([N+](=O)[O-])cnc(N2CCC(CN)CC2)c1Br. The summed E-state index contributed by atoms with van der Waals surface area (Å²) < 4.78 is 0.716. The number of hydrogen-bond acceptors (Lipinski definition) is 5. The van der Waals surface area contributed by atoms with Crippen molar-refractivity contribution < 1.29 is 4.92 Å². The third-order valence-electron chi connectivity index (χ3n) is 3.66. The van der Waals surface area contributed by atoms with E-state index in [1.807, 2.05) is 0 Å². The molecular formula is C12H17BrN4O2. The van der Waals surface area contributed by atoms with Crippen molar-refractivity contribution in [1.82, 2.24) is 4.98 Å². The van der Waals surface area contributed by atoms with Crippen molar-refractivity contribution in [2.24, 2.45) is 11.7 Å². The summed E-state index contributed by atoms with van der Waals surface area (Å²) in [6.07, 6.45) is 3.42. The summed E-state index contributed by atoms with van der Waals surface area (Å²) in [7, 11) is 0. The number of anilines is 1. The van der Waals surface area contributed by atoms with E-state index >= 15 is 0 Å². The lowest BCUT2D eigenvalue weighted by molar-refractivity contribution is -0.385. The van der Waals surface area contributed by atoms with Gasteiger partial charge >= 0.3 is 0 Å². The predicted octanol–water partition coefficient (Wildman–Crippen LogP) is 2.24. The van der Waals surface area contributed by atoms with Crippen molar-refractivity contribution in [3.05, 3.63) is 26.3 Å². The maximum absolute atomic E-state index is 10.9. The number of nitrogens with zero attached hydrogens (tertiary/aromatic N) is 3. The standard InChI is InChI=1S/C12H17BrN4O2/c1-8-10(17(18)19)7-15-12(11(8)13)16-4-2-9(6-14)3-5-16/h7,9H,2-6,14H2,1H3. The van der Waals surface area contributed by atoms with Crippen LogP contribution in [0.4, 0.5) is 11.5 Å². The molecule has 19 heavy (non-hydrogen) atoms. The number of halogens is 1. The molecule has 0 spiro atoms. The van der Waals surface area contributed by atoms with E-state index in [2.05, 4.69) is 25.8 Å². The number of piperidine rings is 1. The highest BCUT2D eigenvalue weighted by atomic mass is 79.9. The van der Waals surface area contributed by atoms with Crippen LogP contribution in [0, 0.1) is 23.0 Å². The molecule has 7 heteroatoms. The maximum Gasteiger partial charge on any atom is 0.291 e. The molecule has 0 saturated carbocycles. The lowest BCUT2D eigenvalue weighted by Crippen LogP contribution is -2.36. The van der Waals surface area contributed by atoms with E-state index in [0.29, 0.717) is 16.0 Å². The molecule has 2 heterocycles. The van der Waals surface area contributed by atoms with Gasteiger partial charge in [-0.05, 0) is 48.2 Å². The van der Waals surface area contributed by atoms with E-state index in [4.69, 9.17) is 5.73 Å². The molecule has 1 aromatic rings. The molecule has 0 unspecified atom stereocenters. The third-order valence-corrected chi connectivity index (χ3v) is 4.61. The molecule has 0 amide bonds. The lowest BCUT2D eigenvalue weighted by Gasteiger charge is -2.32. The summed E-state index contributed by atoms with van der Waals surface area (Å²) >= 11 is 3.43. The van der Waals surface area contributed by atoms with Gasteiger partial charge in [0.05, 0.1) is 9.40 Å². The molecule has 1 fully saturated rings. The van der Waals surface area contributed by atoms with Gasteiger partial charge in [-0.1, -0.05) is 0 Å². The Kier molecular flexibility index (Phi) is 4.36. The molecule has 1 aromatic heterocycles. The van der Waals surface area contributed by atoms with Crippen molar-refractivity contribution in [2.45, 2.75) is 19.8 Å². The Morgan fingerprint density at radius 1 is 1.58 bits per heavy atom. The Labute approximate surface area is 120 Å². The van der Waals surface area contributed by atoms with Crippen LogP contribution in [0.2, 0.25) is 0 Å². The zero-order chi connectivity index (χ0) is 14.0. The number of hydrogen-bond donors (Lipinski definition) is 1. The van der Waals surface area contributed by atoms with Gasteiger partial charge in [0, 0.05) is 18.7 Å². The van der Waals surface area contributed by atoms with Gasteiger partial charge in [0.2, 0.25) is 0 Å². The number of pyridine rings is 1. The quantitative estimate of drug-likeness (QED) is 0.679. The second-order valence-electron chi connectivity index (χ2n) is 4.83. The van der Waals surface area contributed by atoms with Crippen LogP contribution in [-0.2, 0) is 0 Å². The molecule has 0 bridgehead atoms. The first kappa shape index (κ1) is 14.2. The summed E-state index contributed by atoms with van der Waals surface area (Å²) in [4.78, 5) is 16.9. The molecule has 0 aliphatic carbocycles. The van der Waals surface area contributed by atoms with Crippen molar-refractivity contribution in [3.8, 4) is 0 Å². The Morgan fingerprint density at radius 2 is 2.21 bits per heavy atom. The van der Waals surface area contributed by atoms with Gasteiger partial charge in [-0.25, -0.2) is 4.98 Å². The smallest absolute Gasteiger partial charge is 0.291 e. The van der Waals surface area contributed by atoms with E-state index in [0.717, 1.165) is 38.3 Å². The minimum Gasteiger partial charge on any atom is -0.356 e. The molecule has 104 valence electrons. The van der Waals surface area contributed by atoms with E-state index in [9.17, 15) is 10.1 Å². The van der Waals surface area contributed by atoms with Gasteiger partial charge in [0.25, 0.3) is 5.69 Å². The summed E-state index contributed by atoms with van der Waals surface area (Å²) in [5.74, 6) is 1.37. The second-order valence-corrected chi connectivity index (χ2v) is 5.62. The van der Waals surface area contributed by atoms with Gasteiger partial charge in [-0.15, -0.1) is 0 Å². The van der Waals surface area contributed by atoms with Crippen LogP contribution in [0.1, 0.15) is 18.4 Å². The van der Waals surface area contributed by atoms with E-state index in [1.165, 1.54) is 6.20 Å².